The van der Waals surface area contributed by atoms with Crippen molar-refractivity contribution in [3.63, 3.8) is 0 Å². The van der Waals surface area contributed by atoms with Crippen LogP contribution in [-0.4, -0.2) is 11.9 Å². The average molecular weight is 252 g/mol. The smallest absolute Gasteiger partial charge is 0.220 e. The van der Waals surface area contributed by atoms with Gasteiger partial charge in [-0.15, -0.1) is 11.3 Å². The minimum Gasteiger partial charge on any atom is -0.349 e. The zero-order chi connectivity index (χ0) is 12.3. The number of thiophene rings is 1. The maximum atomic E-state index is 11.8. The molecule has 1 aliphatic carbocycles. The van der Waals surface area contributed by atoms with E-state index in [1.165, 1.54) is 23.3 Å². The zero-order valence-corrected chi connectivity index (χ0v) is 11.1. The minimum absolute atomic E-state index is 0.101. The fourth-order valence-corrected chi connectivity index (χ4v) is 3.25. The topological polar surface area (TPSA) is 55.1 Å². The third kappa shape index (κ3) is 3.30. The summed E-state index contributed by atoms with van der Waals surface area (Å²) in [6, 6.07) is 2.48. The van der Waals surface area contributed by atoms with Crippen LogP contribution in [0.3, 0.4) is 0 Å². The first-order chi connectivity index (χ1) is 8.16. The van der Waals surface area contributed by atoms with Crippen molar-refractivity contribution < 1.29 is 4.79 Å². The van der Waals surface area contributed by atoms with Gasteiger partial charge < -0.3 is 11.1 Å². The molecular weight excluding hydrogens is 232 g/mol. The van der Waals surface area contributed by atoms with Crippen LogP contribution in [0.15, 0.2) is 11.4 Å². The van der Waals surface area contributed by atoms with Crippen LogP contribution in [0.4, 0.5) is 0 Å². The maximum absolute atomic E-state index is 11.8. The summed E-state index contributed by atoms with van der Waals surface area (Å²) < 4.78 is 0. The van der Waals surface area contributed by atoms with Gasteiger partial charge in [0.05, 0.1) is 6.04 Å². The Balaban J connectivity index is 1.90. The Hall–Kier alpha value is -0.870. The summed E-state index contributed by atoms with van der Waals surface area (Å²) in [5.41, 5.74) is 6.98. The third-order valence-corrected chi connectivity index (χ3v) is 4.21. The molecule has 17 heavy (non-hydrogen) atoms. The van der Waals surface area contributed by atoms with Crippen LogP contribution in [0.2, 0.25) is 0 Å². The fourth-order valence-electron chi connectivity index (χ4n) is 2.26. The first-order valence-corrected chi connectivity index (χ1v) is 7.16. The molecule has 1 amide bonds. The predicted molar refractivity (Wildman–Crippen MR) is 71.0 cm³/mol. The van der Waals surface area contributed by atoms with Gasteiger partial charge >= 0.3 is 0 Å². The second-order valence-electron chi connectivity index (χ2n) is 4.83. The van der Waals surface area contributed by atoms with Crippen molar-refractivity contribution in [2.24, 2.45) is 5.73 Å². The largest absolute Gasteiger partial charge is 0.349 e. The maximum Gasteiger partial charge on any atom is 0.220 e. The number of carbonyl (C=O) groups excluding carboxylic acids is 1. The van der Waals surface area contributed by atoms with Gasteiger partial charge in [0.1, 0.15) is 0 Å². The van der Waals surface area contributed by atoms with Crippen LogP contribution in [-0.2, 0) is 11.2 Å². The van der Waals surface area contributed by atoms with Gasteiger partial charge in [-0.3, -0.25) is 4.79 Å². The first-order valence-electron chi connectivity index (χ1n) is 6.28. The summed E-state index contributed by atoms with van der Waals surface area (Å²) in [7, 11) is 0. The standard InChI is InChI=1S/C13H20N2OS/c1-9(14)5-6-13(16)15-11-3-2-4-12-10(11)7-8-17-12/h7-9,11H,2-6,14H2,1H3,(H,15,16). The number of rotatable bonds is 4. The normalized spacial score (nSPS) is 20.7. The predicted octanol–water partition coefficient (Wildman–Crippen LogP) is 2.37. The Morgan fingerprint density at radius 3 is 3.29 bits per heavy atom. The van der Waals surface area contributed by atoms with Crippen molar-refractivity contribution >= 4 is 17.2 Å². The third-order valence-electron chi connectivity index (χ3n) is 3.21. The van der Waals surface area contributed by atoms with Crippen LogP contribution in [0, 0.1) is 0 Å². The van der Waals surface area contributed by atoms with Gasteiger partial charge in [0.2, 0.25) is 5.91 Å². The van der Waals surface area contributed by atoms with Crippen molar-refractivity contribution in [1.29, 1.82) is 0 Å². The average Bonchev–Trinajstić information content (AvgIpc) is 2.75. The Bertz CT molecular complexity index is 387. The van der Waals surface area contributed by atoms with E-state index < -0.39 is 0 Å². The van der Waals surface area contributed by atoms with Gasteiger partial charge in [0.25, 0.3) is 0 Å². The van der Waals surface area contributed by atoms with Gasteiger partial charge in [-0.2, -0.15) is 0 Å². The Kier molecular flexibility index (Phi) is 4.18. The van der Waals surface area contributed by atoms with Crippen LogP contribution in [0.1, 0.15) is 49.1 Å². The second-order valence-corrected chi connectivity index (χ2v) is 5.83. The molecule has 0 aliphatic heterocycles. The Morgan fingerprint density at radius 1 is 1.71 bits per heavy atom. The van der Waals surface area contributed by atoms with Gasteiger partial charge in [-0.1, -0.05) is 0 Å². The molecule has 3 N–H and O–H groups in total. The lowest BCUT2D eigenvalue weighted by Crippen LogP contribution is -2.31. The molecule has 94 valence electrons. The summed E-state index contributed by atoms with van der Waals surface area (Å²) in [6.45, 7) is 1.94. The van der Waals surface area contributed by atoms with E-state index in [0.29, 0.717) is 6.42 Å². The molecule has 0 bridgehead atoms. The lowest BCUT2D eigenvalue weighted by Gasteiger charge is -2.23. The number of carbonyl (C=O) groups is 1. The molecule has 2 rings (SSSR count). The summed E-state index contributed by atoms with van der Waals surface area (Å²) >= 11 is 1.80. The highest BCUT2D eigenvalue weighted by atomic mass is 32.1. The van der Waals surface area contributed by atoms with E-state index in [4.69, 9.17) is 5.73 Å². The Morgan fingerprint density at radius 2 is 2.53 bits per heavy atom. The van der Waals surface area contributed by atoms with Crippen LogP contribution < -0.4 is 11.1 Å². The van der Waals surface area contributed by atoms with Crippen LogP contribution in [0.25, 0.3) is 0 Å². The van der Waals surface area contributed by atoms with Crippen molar-refractivity contribution in [2.75, 3.05) is 0 Å². The van der Waals surface area contributed by atoms with E-state index in [9.17, 15) is 4.79 Å². The molecule has 0 radical (unpaired) electrons. The SMILES string of the molecule is CC(N)CCC(=O)NC1CCCc2sccc21. The van der Waals surface area contributed by atoms with Crippen molar-refractivity contribution in [1.82, 2.24) is 5.32 Å². The number of hydrogen-bond donors (Lipinski definition) is 2. The highest BCUT2D eigenvalue weighted by Crippen LogP contribution is 2.33. The fraction of sp³-hybridized carbons (Fsp3) is 0.615. The molecule has 1 heterocycles. The molecule has 3 nitrogen and oxygen atoms in total. The molecule has 0 aromatic carbocycles. The molecule has 2 atom stereocenters. The summed E-state index contributed by atoms with van der Waals surface area (Å²) in [6.07, 6.45) is 4.70. The van der Waals surface area contributed by atoms with E-state index in [1.54, 1.807) is 11.3 Å². The first kappa shape index (κ1) is 12.6. The van der Waals surface area contributed by atoms with Crippen molar-refractivity contribution in [3.05, 3.63) is 21.9 Å². The number of fused-ring (bicyclic) bond motifs is 1. The molecule has 0 spiro atoms. The second kappa shape index (κ2) is 5.65. The summed E-state index contributed by atoms with van der Waals surface area (Å²) in [4.78, 5) is 13.2. The van der Waals surface area contributed by atoms with E-state index in [0.717, 1.165) is 12.8 Å². The Labute approximate surface area is 106 Å². The molecule has 2 unspecified atom stereocenters. The number of hydrogen-bond acceptors (Lipinski definition) is 3. The van der Waals surface area contributed by atoms with E-state index >= 15 is 0 Å². The number of aryl methyl sites for hydroxylation is 1. The summed E-state index contributed by atoms with van der Waals surface area (Å²) in [5, 5.41) is 5.25. The minimum atomic E-state index is 0.101. The van der Waals surface area contributed by atoms with E-state index in [-0.39, 0.29) is 18.0 Å². The zero-order valence-electron chi connectivity index (χ0n) is 10.2. The lowest BCUT2D eigenvalue weighted by molar-refractivity contribution is -0.122. The number of nitrogens with one attached hydrogen (secondary N) is 1. The molecule has 1 aliphatic rings. The molecule has 1 aromatic rings. The molecule has 0 fully saturated rings. The van der Waals surface area contributed by atoms with Gasteiger partial charge in [-0.05, 0) is 49.6 Å². The molecule has 0 saturated heterocycles. The van der Waals surface area contributed by atoms with Crippen molar-refractivity contribution in [3.8, 4) is 0 Å². The monoisotopic (exact) mass is 252 g/mol. The molecular formula is C13H20N2OS. The van der Waals surface area contributed by atoms with E-state index in [1.807, 2.05) is 6.92 Å². The summed E-state index contributed by atoms with van der Waals surface area (Å²) in [5.74, 6) is 0.131. The number of nitrogens with two attached hydrogens (primary N) is 1. The molecule has 4 heteroatoms. The van der Waals surface area contributed by atoms with Crippen LogP contribution in [0.5, 0.6) is 0 Å². The van der Waals surface area contributed by atoms with E-state index in [2.05, 4.69) is 16.8 Å². The van der Waals surface area contributed by atoms with Gasteiger partial charge in [0, 0.05) is 17.3 Å². The molecule has 0 saturated carbocycles. The lowest BCUT2D eigenvalue weighted by atomic mass is 9.94. The van der Waals surface area contributed by atoms with Gasteiger partial charge in [0.15, 0.2) is 0 Å². The number of amides is 1. The highest BCUT2D eigenvalue weighted by Gasteiger charge is 2.22. The van der Waals surface area contributed by atoms with Crippen LogP contribution >= 0.6 is 11.3 Å². The van der Waals surface area contributed by atoms with Crippen molar-refractivity contribution in [2.45, 2.75) is 51.1 Å². The molecule has 1 aromatic heterocycles. The quantitative estimate of drug-likeness (QED) is 0.864. The van der Waals surface area contributed by atoms with Gasteiger partial charge in [-0.25, -0.2) is 0 Å². The highest BCUT2D eigenvalue weighted by molar-refractivity contribution is 7.10.